The lowest BCUT2D eigenvalue weighted by molar-refractivity contribution is -0.140. The van der Waals surface area contributed by atoms with Crippen molar-refractivity contribution in [3.8, 4) is 5.75 Å². The summed E-state index contributed by atoms with van der Waals surface area (Å²) < 4.78 is 62.1. The molecular formula is C17H19F4IN4O2S. The third-order valence-electron chi connectivity index (χ3n) is 3.91. The van der Waals surface area contributed by atoms with Gasteiger partial charge in [-0.1, -0.05) is 0 Å². The lowest BCUT2D eigenvalue weighted by Gasteiger charge is -2.21. The number of guanidine groups is 1. The number of nitrogens with one attached hydrogen (secondary N) is 2. The molecule has 3 rings (SSSR count). The Morgan fingerprint density at radius 3 is 2.79 bits per heavy atom. The van der Waals surface area contributed by atoms with E-state index in [2.05, 4.69) is 20.6 Å². The number of benzene rings is 1. The number of hydrogen-bond donors (Lipinski definition) is 2. The second-order valence-corrected chi connectivity index (χ2v) is 6.83. The molecule has 0 amide bonds. The molecule has 0 radical (unpaired) electrons. The summed E-state index contributed by atoms with van der Waals surface area (Å²) in [6.45, 7) is 0.947. The van der Waals surface area contributed by atoms with Crippen LogP contribution in [0.15, 0.2) is 22.5 Å². The van der Waals surface area contributed by atoms with Gasteiger partial charge in [0.15, 0.2) is 18.4 Å². The van der Waals surface area contributed by atoms with E-state index in [1.54, 1.807) is 7.05 Å². The van der Waals surface area contributed by atoms with Crippen LogP contribution in [0, 0.1) is 5.82 Å². The Balaban J connectivity index is 0.00000300. The van der Waals surface area contributed by atoms with Crippen molar-refractivity contribution in [2.75, 3.05) is 20.4 Å². The summed E-state index contributed by atoms with van der Waals surface area (Å²) in [7, 11) is 1.54. The van der Waals surface area contributed by atoms with Gasteiger partial charge in [0.2, 0.25) is 0 Å². The predicted molar refractivity (Wildman–Crippen MR) is 111 cm³/mol. The van der Waals surface area contributed by atoms with Gasteiger partial charge in [0.1, 0.15) is 16.6 Å². The van der Waals surface area contributed by atoms with Crippen molar-refractivity contribution in [1.82, 2.24) is 15.6 Å². The Labute approximate surface area is 185 Å². The van der Waals surface area contributed by atoms with Crippen LogP contribution in [0.25, 0.3) is 0 Å². The molecule has 6 nitrogen and oxygen atoms in total. The highest BCUT2D eigenvalue weighted by Gasteiger charge is 2.33. The molecule has 2 N–H and O–H groups in total. The van der Waals surface area contributed by atoms with Gasteiger partial charge in [-0.05, 0) is 24.1 Å². The van der Waals surface area contributed by atoms with Gasteiger partial charge in [-0.25, -0.2) is 9.37 Å². The summed E-state index contributed by atoms with van der Waals surface area (Å²) in [5.41, 5.74) is 0.459. The lowest BCUT2D eigenvalue weighted by atomic mass is 10.1. The quantitative estimate of drug-likeness (QED) is 0.259. The van der Waals surface area contributed by atoms with Crippen molar-refractivity contribution < 1.29 is 27.0 Å². The topological polar surface area (TPSA) is 67.8 Å². The van der Waals surface area contributed by atoms with E-state index < -0.39 is 11.9 Å². The summed E-state index contributed by atoms with van der Waals surface area (Å²) in [5.74, 6) is 0.660. The number of halogens is 5. The molecule has 0 spiro atoms. The van der Waals surface area contributed by atoms with Gasteiger partial charge in [0, 0.05) is 24.5 Å². The SMILES string of the molecule is CN=C(NCCc1cc(F)cc2c1OCOC2)NCc1nc(C(F)(F)F)cs1.I. The van der Waals surface area contributed by atoms with Crippen molar-refractivity contribution in [2.45, 2.75) is 25.7 Å². The number of aliphatic imine (C=N–C) groups is 1. The molecule has 0 saturated carbocycles. The van der Waals surface area contributed by atoms with E-state index in [-0.39, 0.29) is 43.1 Å². The zero-order valence-electron chi connectivity index (χ0n) is 15.3. The van der Waals surface area contributed by atoms with Crippen LogP contribution in [0.4, 0.5) is 17.6 Å². The van der Waals surface area contributed by atoms with Crippen LogP contribution in [-0.4, -0.2) is 31.3 Å². The van der Waals surface area contributed by atoms with Crippen molar-refractivity contribution in [2.24, 2.45) is 4.99 Å². The average Bonchev–Trinajstić information content (AvgIpc) is 3.13. The zero-order chi connectivity index (χ0) is 20.1. The molecule has 1 aliphatic rings. The van der Waals surface area contributed by atoms with Crippen LogP contribution >= 0.6 is 35.3 Å². The van der Waals surface area contributed by atoms with E-state index in [0.29, 0.717) is 47.4 Å². The maximum atomic E-state index is 13.7. The fourth-order valence-corrected chi connectivity index (χ4v) is 3.40. The molecular weight excluding hydrogens is 527 g/mol. The maximum absolute atomic E-state index is 13.7. The minimum atomic E-state index is -4.45. The van der Waals surface area contributed by atoms with E-state index >= 15 is 0 Å². The highest BCUT2D eigenvalue weighted by atomic mass is 127. The van der Waals surface area contributed by atoms with Gasteiger partial charge in [-0.15, -0.1) is 35.3 Å². The molecule has 0 unspecified atom stereocenters. The fourth-order valence-electron chi connectivity index (χ4n) is 2.66. The summed E-state index contributed by atoms with van der Waals surface area (Å²) in [5, 5.41) is 7.21. The van der Waals surface area contributed by atoms with Crippen LogP contribution in [0.1, 0.15) is 21.8 Å². The van der Waals surface area contributed by atoms with Gasteiger partial charge in [0.05, 0.1) is 13.2 Å². The molecule has 2 heterocycles. The normalized spacial score (nSPS) is 13.9. The number of hydrogen-bond acceptors (Lipinski definition) is 5. The fraction of sp³-hybridized carbons (Fsp3) is 0.412. The van der Waals surface area contributed by atoms with E-state index in [0.717, 1.165) is 16.7 Å². The number of aromatic nitrogens is 1. The number of alkyl halides is 3. The second-order valence-electron chi connectivity index (χ2n) is 5.89. The molecule has 29 heavy (non-hydrogen) atoms. The molecule has 12 heteroatoms. The first-order valence-corrected chi connectivity index (χ1v) is 9.22. The Hall–Kier alpha value is -1.67. The number of thiazole rings is 1. The van der Waals surface area contributed by atoms with Crippen LogP contribution in [0.2, 0.25) is 0 Å². The number of nitrogens with zero attached hydrogens (tertiary/aromatic N) is 2. The van der Waals surface area contributed by atoms with Crippen molar-refractivity contribution in [3.63, 3.8) is 0 Å². The van der Waals surface area contributed by atoms with Gasteiger partial charge >= 0.3 is 6.18 Å². The first-order chi connectivity index (χ1) is 13.4. The van der Waals surface area contributed by atoms with Crippen LogP contribution < -0.4 is 15.4 Å². The molecule has 160 valence electrons. The summed E-state index contributed by atoms with van der Waals surface area (Å²) >= 11 is 0.920. The first kappa shape index (κ1) is 23.6. The number of fused-ring (bicyclic) bond motifs is 1. The number of ether oxygens (including phenoxy) is 2. The highest BCUT2D eigenvalue weighted by molar-refractivity contribution is 14.0. The molecule has 0 atom stereocenters. The van der Waals surface area contributed by atoms with Gasteiger partial charge in [0.25, 0.3) is 0 Å². The first-order valence-electron chi connectivity index (χ1n) is 8.35. The standard InChI is InChI=1S/C17H18F4N4O2S.HI/c1-22-16(24-6-14-25-13(8-28-14)17(19,20)21)23-3-2-10-4-12(18)5-11-7-26-9-27-15(10)11;/h4-5,8H,2-3,6-7,9H2,1H3,(H2,22,23,24);1H. The van der Waals surface area contributed by atoms with Crippen molar-refractivity contribution in [1.29, 1.82) is 0 Å². The summed E-state index contributed by atoms with van der Waals surface area (Å²) in [6, 6.07) is 2.80. The molecule has 0 bridgehead atoms. The minimum absolute atomic E-state index is 0. The van der Waals surface area contributed by atoms with E-state index in [1.165, 1.54) is 12.1 Å². The van der Waals surface area contributed by atoms with E-state index in [9.17, 15) is 17.6 Å². The lowest BCUT2D eigenvalue weighted by Crippen LogP contribution is -2.38. The Bertz CT molecular complexity index is 860. The Kier molecular flexibility index (Phi) is 8.46. The Morgan fingerprint density at radius 2 is 2.10 bits per heavy atom. The van der Waals surface area contributed by atoms with Crippen LogP contribution in [0.3, 0.4) is 0 Å². The molecule has 0 saturated heterocycles. The van der Waals surface area contributed by atoms with Gasteiger partial charge in [-0.3, -0.25) is 4.99 Å². The predicted octanol–water partition coefficient (Wildman–Crippen LogP) is 3.69. The van der Waals surface area contributed by atoms with Gasteiger partial charge in [-0.2, -0.15) is 13.2 Å². The monoisotopic (exact) mass is 546 g/mol. The number of rotatable bonds is 5. The van der Waals surface area contributed by atoms with E-state index in [1.807, 2.05) is 0 Å². The van der Waals surface area contributed by atoms with Crippen molar-refractivity contribution in [3.05, 3.63) is 45.2 Å². The van der Waals surface area contributed by atoms with Crippen LogP contribution in [-0.2, 0) is 30.5 Å². The van der Waals surface area contributed by atoms with Gasteiger partial charge < -0.3 is 20.1 Å². The summed E-state index contributed by atoms with van der Waals surface area (Å²) in [6.07, 6.45) is -3.98. The zero-order valence-corrected chi connectivity index (χ0v) is 18.5. The Morgan fingerprint density at radius 1 is 1.31 bits per heavy atom. The molecule has 2 aromatic rings. The molecule has 0 fully saturated rings. The minimum Gasteiger partial charge on any atom is -0.467 e. The second kappa shape index (κ2) is 10.4. The molecule has 0 aliphatic carbocycles. The maximum Gasteiger partial charge on any atom is 0.434 e. The molecule has 1 aliphatic heterocycles. The summed E-state index contributed by atoms with van der Waals surface area (Å²) in [4.78, 5) is 7.57. The average molecular weight is 546 g/mol. The van der Waals surface area contributed by atoms with Crippen molar-refractivity contribution >= 4 is 41.3 Å². The molecule has 1 aromatic carbocycles. The highest BCUT2D eigenvalue weighted by Crippen LogP contribution is 2.30. The van der Waals surface area contributed by atoms with Crippen LogP contribution in [0.5, 0.6) is 5.75 Å². The largest absolute Gasteiger partial charge is 0.467 e. The van der Waals surface area contributed by atoms with E-state index in [4.69, 9.17) is 9.47 Å². The third-order valence-corrected chi connectivity index (χ3v) is 4.76. The smallest absolute Gasteiger partial charge is 0.434 e. The molecule has 1 aromatic heterocycles. The third kappa shape index (κ3) is 6.40.